The van der Waals surface area contributed by atoms with Crippen molar-refractivity contribution >= 4 is 15.9 Å². The Labute approximate surface area is 87.2 Å². The lowest BCUT2D eigenvalue weighted by Gasteiger charge is -2.11. The second kappa shape index (κ2) is 4.74. The standard InChI is InChI=1S/C10H14BrNO/c1-7-3-9(5-10(11)4-7)8(2)6-13-12/h3-5,8H,6,12H2,1-2H3. The molecular formula is C10H14BrNO. The van der Waals surface area contributed by atoms with Crippen molar-refractivity contribution in [3.05, 3.63) is 33.8 Å². The van der Waals surface area contributed by atoms with Crippen molar-refractivity contribution in [3.8, 4) is 0 Å². The molecule has 1 aromatic carbocycles. The Morgan fingerprint density at radius 1 is 1.46 bits per heavy atom. The van der Waals surface area contributed by atoms with Crippen molar-refractivity contribution in [2.45, 2.75) is 19.8 Å². The summed E-state index contributed by atoms with van der Waals surface area (Å²) in [5.41, 5.74) is 2.49. The third-order valence-electron chi connectivity index (χ3n) is 1.98. The summed E-state index contributed by atoms with van der Waals surface area (Å²) < 4.78 is 1.10. The maximum Gasteiger partial charge on any atom is 0.0745 e. The van der Waals surface area contributed by atoms with E-state index in [4.69, 9.17) is 5.90 Å². The van der Waals surface area contributed by atoms with Gasteiger partial charge >= 0.3 is 0 Å². The molecule has 0 saturated carbocycles. The van der Waals surface area contributed by atoms with Gasteiger partial charge in [0.1, 0.15) is 0 Å². The molecule has 0 bridgehead atoms. The highest BCUT2D eigenvalue weighted by molar-refractivity contribution is 9.10. The van der Waals surface area contributed by atoms with Crippen LogP contribution >= 0.6 is 15.9 Å². The van der Waals surface area contributed by atoms with Crippen LogP contribution in [0.2, 0.25) is 0 Å². The lowest BCUT2D eigenvalue weighted by molar-refractivity contribution is 0.126. The fraction of sp³-hybridized carbons (Fsp3) is 0.400. The highest BCUT2D eigenvalue weighted by atomic mass is 79.9. The van der Waals surface area contributed by atoms with Crippen LogP contribution in [0.4, 0.5) is 0 Å². The SMILES string of the molecule is Cc1cc(Br)cc(C(C)CON)c1. The van der Waals surface area contributed by atoms with E-state index in [9.17, 15) is 0 Å². The first kappa shape index (κ1) is 10.7. The second-order valence-electron chi connectivity index (χ2n) is 3.30. The van der Waals surface area contributed by atoms with Crippen molar-refractivity contribution in [1.82, 2.24) is 0 Å². The smallest absolute Gasteiger partial charge is 0.0745 e. The van der Waals surface area contributed by atoms with Gasteiger partial charge in [0.15, 0.2) is 0 Å². The van der Waals surface area contributed by atoms with Crippen molar-refractivity contribution in [2.75, 3.05) is 6.61 Å². The third kappa shape index (κ3) is 3.10. The summed E-state index contributed by atoms with van der Waals surface area (Å²) in [5, 5.41) is 0. The van der Waals surface area contributed by atoms with Crippen LogP contribution in [-0.2, 0) is 4.84 Å². The Balaban J connectivity index is 2.87. The predicted molar refractivity (Wildman–Crippen MR) is 57.4 cm³/mol. The minimum atomic E-state index is 0.334. The predicted octanol–water partition coefficient (Wildman–Crippen LogP) is 2.75. The second-order valence-corrected chi connectivity index (χ2v) is 4.21. The van der Waals surface area contributed by atoms with Gasteiger partial charge in [-0.15, -0.1) is 0 Å². The molecule has 13 heavy (non-hydrogen) atoms. The Morgan fingerprint density at radius 2 is 2.15 bits per heavy atom. The molecule has 2 nitrogen and oxygen atoms in total. The van der Waals surface area contributed by atoms with Crippen LogP contribution in [0, 0.1) is 6.92 Å². The van der Waals surface area contributed by atoms with Crippen LogP contribution in [-0.4, -0.2) is 6.61 Å². The van der Waals surface area contributed by atoms with E-state index in [1.54, 1.807) is 0 Å². The van der Waals surface area contributed by atoms with Gasteiger partial charge in [-0.3, -0.25) is 0 Å². The highest BCUT2D eigenvalue weighted by Gasteiger charge is 2.06. The zero-order valence-corrected chi connectivity index (χ0v) is 9.47. The minimum Gasteiger partial charge on any atom is -0.304 e. The molecule has 0 heterocycles. The van der Waals surface area contributed by atoms with Gasteiger partial charge in [-0.2, -0.15) is 0 Å². The number of benzene rings is 1. The molecule has 0 saturated heterocycles. The number of aryl methyl sites for hydroxylation is 1. The molecule has 2 N–H and O–H groups in total. The van der Waals surface area contributed by atoms with E-state index in [0.717, 1.165) is 4.47 Å². The van der Waals surface area contributed by atoms with Crippen molar-refractivity contribution in [1.29, 1.82) is 0 Å². The van der Waals surface area contributed by atoms with Crippen LogP contribution in [0.15, 0.2) is 22.7 Å². The number of rotatable bonds is 3. The molecule has 1 aromatic rings. The van der Waals surface area contributed by atoms with E-state index in [1.165, 1.54) is 11.1 Å². The van der Waals surface area contributed by atoms with E-state index < -0.39 is 0 Å². The molecule has 0 spiro atoms. The first-order valence-electron chi connectivity index (χ1n) is 4.22. The fourth-order valence-electron chi connectivity index (χ4n) is 1.29. The topological polar surface area (TPSA) is 35.2 Å². The third-order valence-corrected chi connectivity index (χ3v) is 2.44. The summed E-state index contributed by atoms with van der Waals surface area (Å²) in [5.74, 6) is 5.37. The molecule has 0 amide bonds. The molecule has 0 aromatic heterocycles. The zero-order valence-electron chi connectivity index (χ0n) is 7.88. The Morgan fingerprint density at radius 3 is 2.69 bits per heavy atom. The van der Waals surface area contributed by atoms with Crippen LogP contribution in [0.5, 0.6) is 0 Å². The summed E-state index contributed by atoms with van der Waals surface area (Å²) in [6, 6.07) is 6.32. The molecule has 0 radical (unpaired) electrons. The van der Waals surface area contributed by atoms with Gasteiger partial charge in [-0.1, -0.05) is 28.9 Å². The quantitative estimate of drug-likeness (QED) is 0.829. The maximum atomic E-state index is 5.03. The summed E-state index contributed by atoms with van der Waals surface area (Å²) in [6.45, 7) is 4.72. The molecule has 1 unspecified atom stereocenters. The molecule has 1 atom stereocenters. The Bertz CT molecular complexity index is 268. The largest absolute Gasteiger partial charge is 0.304 e. The average Bonchev–Trinajstić information content (AvgIpc) is 2.03. The van der Waals surface area contributed by atoms with Crippen LogP contribution in [0.1, 0.15) is 24.0 Å². The van der Waals surface area contributed by atoms with Gasteiger partial charge in [0, 0.05) is 10.4 Å². The Kier molecular flexibility index (Phi) is 3.90. The van der Waals surface area contributed by atoms with Gasteiger partial charge in [-0.05, 0) is 30.2 Å². The number of hydrogen-bond donors (Lipinski definition) is 1. The summed E-state index contributed by atoms with van der Waals surface area (Å²) in [7, 11) is 0. The normalized spacial score (nSPS) is 12.9. The molecular weight excluding hydrogens is 230 g/mol. The van der Waals surface area contributed by atoms with Crippen LogP contribution in [0.25, 0.3) is 0 Å². The monoisotopic (exact) mass is 243 g/mol. The molecule has 0 fully saturated rings. The molecule has 72 valence electrons. The fourth-order valence-corrected chi connectivity index (χ4v) is 1.92. The van der Waals surface area contributed by atoms with E-state index in [0.29, 0.717) is 12.5 Å². The van der Waals surface area contributed by atoms with Gasteiger partial charge in [0.05, 0.1) is 6.61 Å². The van der Waals surface area contributed by atoms with Crippen molar-refractivity contribution < 1.29 is 4.84 Å². The molecule has 0 aliphatic rings. The highest BCUT2D eigenvalue weighted by Crippen LogP contribution is 2.21. The lowest BCUT2D eigenvalue weighted by Crippen LogP contribution is -2.08. The number of hydrogen-bond acceptors (Lipinski definition) is 2. The number of nitrogens with two attached hydrogens (primary N) is 1. The van der Waals surface area contributed by atoms with E-state index >= 15 is 0 Å². The van der Waals surface area contributed by atoms with Gasteiger partial charge < -0.3 is 4.84 Å². The lowest BCUT2D eigenvalue weighted by atomic mass is 10.0. The van der Waals surface area contributed by atoms with Crippen LogP contribution in [0.3, 0.4) is 0 Å². The van der Waals surface area contributed by atoms with Gasteiger partial charge in [-0.25, -0.2) is 5.90 Å². The molecule has 0 aliphatic heterocycles. The van der Waals surface area contributed by atoms with Gasteiger partial charge in [0.25, 0.3) is 0 Å². The summed E-state index contributed by atoms with van der Waals surface area (Å²) in [6.07, 6.45) is 0. The van der Waals surface area contributed by atoms with Gasteiger partial charge in [0.2, 0.25) is 0 Å². The first-order valence-corrected chi connectivity index (χ1v) is 5.01. The van der Waals surface area contributed by atoms with Crippen LogP contribution < -0.4 is 5.90 Å². The summed E-state index contributed by atoms with van der Waals surface area (Å²) >= 11 is 3.46. The van der Waals surface area contributed by atoms with E-state index in [1.807, 2.05) is 0 Å². The molecule has 3 heteroatoms. The van der Waals surface area contributed by atoms with Crippen molar-refractivity contribution in [3.63, 3.8) is 0 Å². The number of halogens is 1. The Hall–Kier alpha value is -0.380. The van der Waals surface area contributed by atoms with E-state index in [2.05, 4.69) is 52.8 Å². The summed E-state index contributed by atoms with van der Waals surface area (Å²) in [4.78, 5) is 4.62. The zero-order chi connectivity index (χ0) is 9.84. The molecule has 1 rings (SSSR count). The first-order chi connectivity index (χ1) is 6.13. The minimum absolute atomic E-state index is 0.334. The molecule has 0 aliphatic carbocycles. The maximum absolute atomic E-state index is 5.03. The average molecular weight is 244 g/mol. The van der Waals surface area contributed by atoms with E-state index in [-0.39, 0.29) is 0 Å². The van der Waals surface area contributed by atoms with Crippen molar-refractivity contribution in [2.24, 2.45) is 5.90 Å².